The molecule has 4 nitrogen and oxygen atoms in total. The van der Waals surface area contributed by atoms with Crippen LogP contribution in [0.1, 0.15) is 15.9 Å². The first-order valence-electron chi connectivity index (χ1n) is 4.62. The number of carbonyl (C=O) groups is 1. The molecule has 0 bridgehead atoms. The van der Waals surface area contributed by atoms with E-state index >= 15 is 0 Å². The van der Waals surface area contributed by atoms with Gasteiger partial charge in [0.2, 0.25) is 5.95 Å². The van der Waals surface area contributed by atoms with Crippen molar-refractivity contribution in [2.24, 2.45) is 0 Å². The number of hydrogen-bond donors (Lipinski definition) is 1. The Morgan fingerprint density at radius 2 is 2.35 bits per heavy atom. The molecule has 0 unspecified atom stereocenters. The molecule has 84 valence electrons. The van der Waals surface area contributed by atoms with Gasteiger partial charge in [0.1, 0.15) is 11.1 Å². The molecule has 0 saturated carbocycles. The van der Waals surface area contributed by atoms with Gasteiger partial charge >= 0.3 is 0 Å². The second-order valence-corrected chi connectivity index (χ2v) is 3.99. The average Bonchev–Trinajstić information content (AvgIpc) is 2.76. The fraction of sp³-hybridized carbons (Fsp3) is 0. The second kappa shape index (κ2) is 4.72. The predicted molar refractivity (Wildman–Crippen MR) is 61.2 cm³/mol. The van der Waals surface area contributed by atoms with E-state index in [4.69, 9.17) is 5.26 Å². The number of nitrogens with one attached hydrogen (secondary N) is 1. The maximum atomic E-state index is 13.2. The third kappa shape index (κ3) is 2.29. The zero-order chi connectivity index (χ0) is 12.3. The van der Waals surface area contributed by atoms with Crippen LogP contribution in [-0.4, -0.2) is 10.9 Å². The maximum Gasteiger partial charge on any atom is 0.260 e. The Morgan fingerprint density at radius 1 is 1.53 bits per heavy atom. The number of halogens is 1. The zero-order valence-corrected chi connectivity index (χ0v) is 9.29. The van der Waals surface area contributed by atoms with Crippen LogP contribution in [0.4, 0.5) is 9.39 Å². The van der Waals surface area contributed by atoms with Crippen molar-refractivity contribution >= 4 is 22.2 Å². The molecule has 0 fully saturated rings. The summed E-state index contributed by atoms with van der Waals surface area (Å²) in [6, 6.07) is 6.32. The topological polar surface area (TPSA) is 65.8 Å². The SMILES string of the molecule is N#Cc1ccsc1NC(=O)c1cccnc1F. The molecule has 0 spiro atoms. The van der Waals surface area contributed by atoms with Gasteiger partial charge < -0.3 is 5.32 Å². The Hall–Kier alpha value is -2.26. The van der Waals surface area contributed by atoms with Gasteiger partial charge in [-0.1, -0.05) is 0 Å². The Balaban J connectivity index is 2.24. The number of nitrogens with zero attached hydrogens (tertiary/aromatic N) is 2. The first kappa shape index (κ1) is 11.2. The number of aromatic nitrogens is 1. The lowest BCUT2D eigenvalue weighted by Gasteiger charge is -2.03. The van der Waals surface area contributed by atoms with Gasteiger partial charge in [0.25, 0.3) is 5.91 Å². The van der Waals surface area contributed by atoms with Crippen LogP contribution in [-0.2, 0) is 0 Å². The molecule has 2 rings (SSSR count). The van der Waals surface area contributed by atoms with E-state index in [0.717, 1.165) is 0 Å². The Labute approximate surface area is 100 Å². The molecule has 1 N–H and O–H groups in total. The standard InChI is InChI=1S/C11H6FN3OS/c12-9-8(2-1-4-14-9)10(16)15-11-7(6-13)3-5-17-11/h1-5H,(H,15,16). The molecule has 0 aliphatic rings. The highest BCUT2D eigenvalue weighted by Gasteiger charge is 2.14. The summed E-state index contributed by atoms with van der Waals surface area (Å²) in [6.45, 7) is 0. The van der Waals surface area contributed by atoms with Gasteiger partial charge in [-0.05, 0) is 23.6 Å². The Bertz CT molecular complexity index is 603. The molecule has 0 aliphatic heterocycles. The van der Waals surface area contributed by atoms with E-state index in [9.17, 15) is 9.18 Å². The second-order valence-electron chi connectivity index (χ2n) is 3.07. The molecule has 17 heavy (non-hydrogen) atoms. The first-order chi connectivity index (χ1) is 8.22. The van der Waals surface area contributed by atoms with Crippen molar-refractivity contribution < 1.29 is 9.18 Å². The quantitative estimate of drug-likeness (QED) is 0.829. The van der Waals surface area contributed by atoms with Gasteiger partial charge in [-0.15, -0.1) is 11.3 Å². The average molecular weight is 247 g/mol. The Kier molecular flexibility index (Phi) is 3.12. The molecular weight excluding hydrogens is 241 g/mol. The van der Waals surface area contributed by atoms with Crippen LogP contribution < -0.4 is 5.32 Å². The smallest absolute Gasteiger partial charge is 0.260 e. The van der Waals surface area contributed by atoms with Crippen LogP contribution in [0.5, 0.6) is 0 Å². The van der Waals surface area contributed by atoms with Gasteiger partial charge in [-0.2, -0.15) is 9.65 Å². The number of rotatable bonds is 2. The lowest BCUT2D eigenvalue weighted by Crippen LogP contribution is -2.14. The molecule has 0 radical (unpaired) electrons. The minimum Gasteiger partial charge on any atom is -0.312 e. The van der Waals surface area contributed by atoms with Crippen molar-refractivity contribution in [3.63, 3.8) is 0 Å². The van der Waals surface area contributed by atoms with Crippen molar-refractivity contribution in [2.45, 2.75) is 0 Å². The van der Waals surface area contributed by atoms with E-state index in [1.54, 1.807) is 11.4 Å². The molecular formula is C11H6FN3OS. The lowest BCUT2D eigenvalue weighted by molar-refractivity contribution is 0.102. The normalized spacial score (nSPS) is 9.65. The minimum absolute atomic E-state index is 0.148. The van der Waals surface area contributed by atoms with Crippen molar-refractivity contribution in [1.29, 1.82) is 5.26 Å². The van der Waals surface area contributed by atoms with Gasteiger partial charge in [-0.25, -0.2) is 4.98 Å². The van der Waals surface area contributed by atoms with Crippen LogP contribution in [0.15, 0.2) is 29.8 Å². The lowest BCUT2D eigenvalue weighted by atomic mass is 10.2. The molecule has 2 heterocycles. The van der Waals surface area contributed by atoms with E-state index in [1.165, 1.54) is 29.7 Å². The van der Waals surface area contributed by atoms with Crippen molar-refractivity contribution in [3.8, 4) is 6.07 Å². The van der Waals surface area contributed by atoms with E-state index in [1.807, 2.05) is 6.07 Å². The zero-order valence-electron chi connectivity index (χ0n) is 8.48. The summed E-state index contributed by atoms with van der Waals surface area (Å²) in [5, 5.41) is 13.3. The summed E-state index contributed by atoms with van der Waals surface area (Å²) in [4.78, 5) is 15.1. The van der Waals surface area contributed by atoms with Crippen molar-refractivity contribution in [3.05, 3.63) is 46.9 Å². The summed E-state index contributed by atoms with van der Waals surface area (Å²) in [6.07, 6.45) is 1.26. The van der Waals surface area contributed by atoms with Crippen LogP contribution in [0.25, 0.3) is 0 Å². The first-order valence-corrected chi connectivity index (χ1v) is 5.50. The van der Waals surface area contributed by atoms with Crippen LogP contribution in [0, 0.1) is 17.3 Å². The molecule has 0 aliphatic carbocycles. The molecule has 2 aromatic rings. The number of carbonyl (C=O) groups excluding carboxylic acids is 1. The summed E-state index contributed by atoms with van der Waals surface area (Å²) < 4.78 is 13.2. The van der Waals surface area contributed by atoms with Crippen molar-refractivity contribution in [1.82, 2.24) is 4.98 Å². The third-order valence-electron chi connectivity index (χ3n) is 2.02. The Morgan fingerprint density at radius 3 is 3.06 bits per heavy atom. The maximum absolute atomic E-state index is 13.2. The number of thiophene rings is 1. The summed E-state index contributed by atoms with van der Waals surface area (Å²) in [5.41, 5.74) is 0.206. The van der Waals surface area contributed by atoms with E-state index < -0.39 is 11.9 Å². The van der Waals surface area contributed by atoms with E-state index in [-0.39, 0.29) is 5.56 Å². The van der Waals surface area contributed by atoms with Gasteiger partial charge in [0, 0.05) is 6.20 Å². The largest absolute Gasteiger partial charge is 0.312 e. The van der Waals surface area contributed by atoms with Gasteiger partial charge in [-0.3, -0.25) is 4.79 Å². The number of hydrogen-bond acceptors (Lipinski definition) is 4. The van der Waals surface area contributed by atoms with Crippen molar-refractivity contribution in [2.75, 3.05) is 5.32 Å². The number of nitriles is 1. The number of anilines is 1. The molecule has 0 atom stereocenters. The third-order valence-corrected chi connectivity index (χ3v) is 2.85. The highest BCUT2D eigenvalue weighted by molar-refractivity contribution is 7.14. The monoisotopic (exact) mass is 247 g/mol. The van der Waals surface area contributed by atoms with Crippen LogP contribution >= 0.6 is 11.3 Å². The fourth-order valence-corrected chi connectivity index (χ4v) is 1.95. The molecule has 1 amide bonds. The highest BCUT2D eigenvalue weighted by Crippen LogP contribution is 2.22. The van der Waals surface area contributed by atoms with Gasteiger partial charge in [0.15, 0.2) is 0 Å². The van der Waals surface area contributed by atoms with Crippen LogP contribution in [0.3, 0.4) is 0 Å². The summed E-state index contributed by atoms with van der Waals surface area (Å²) >= 11 is 1.21. The number of pyridine rings is 1. The van der Waals surface area contributed by atoms with E-state index in [0.29, 0.717) is 10.6 Å². The highest BCUT2D eigenvalue weighted by atomic mass is 32.1. The van der Waals surface area contributed by atoms with Crippen LogP contribution in [0.2, 0.25) is 0 Å². The summed E-state index contributed by atoms with van der Waals surface area (Å²) in [5.74, 6) is -1.45. The molecule has 0 aromatic carbocycles. The van der Waals surface area contributed by atoms with E-state index in [2.05, 4.69) is 10.3 Å². The molecule has 0 saturated heterocycles. The summed E-state index contributed by atoms with van der Waals surface area (Å²) in [7, 11) is 0. The predicted octanol–water partition coefficient (Wildman–Crippen LogP) is 2.41. The van der Waals surface area contributed by atoms with Gasteiger partial charge in [0.05, 0.1) is 11.1 Å². The minimum atomic E-state index is -0.833. The number of amides is 1. The molecule has 6 heteroatoms. The fourth-order valence-electron chi connectivity index (χ4n) is 1.22. The molecule has 2 aromatic heterocycles.